The van der Waals surface area contributed by atoms with Crippen molar-refractivity contribution in [3.05, 3.63) is 47.6 Å². The number of thioether (sulfide) groups is 1. The number of carbonyl (C=O) groups is 1. The van der Waals surface area contributed by atoms with E-state index in [4.69, 9.17) is 9.26 Å². The number of aromatic nitrogens is 2. The van der Waals surface area contributed by atoms with Crippen molar-refractivity contribution < 1.29 is 14.1 Å². The van der Waals surface area contributed by atoms with E-state index >= 15 is 0 Å². The second-order valence-electron chi connectivity index (χ2n) is 6.67. The molecule has 1 amide bonds. The van der Waals surface area contributed by atoms with Gasteiger partial charge in [-0.25, -0.2) is 0 Å². The van der Waals surface area contributed by atoms with Crippen LogP contribution in [0.3, 0.4) is 0 Å². The molecule has 1 spiro atoms. The first-order valence-electron chi connectivity index (χ1n) is 8.56. The predicted octanol–water partition coefficient (Wildman–Crippen LogP) is 2.55. The molecule has 4 heterocycles. The summed E-state index contributed by atoms with van der Waals surface area (Å²) in [6.07, 6.45) is 7.05. The minimum absolute atomic E-state index is 0.0315. The molecule has 0 aromatic carbocycles. The third kappa shape index (κ3) is 3.30. The second-order valence-corrected chi connectivity index (χ2v) is 8.16. The van der Waals surface area contributed by atoms with Crippen LogP contribution in [0.1, 0.15) is 35.0 Å². The number of likely N-dealkylation sites (tertiary alicyclic amines) is 1. The molecule has 4 rings (SSSR count). The number of carbonyl (C=O) groups excluding carboxylic acids is 1. The van der Waals surface area contributed by atoms with Gasteiger partial charge in [0.2, 0.25) is 0 Å². The molecule has 0 radical (unpaired) electrons. The summed E-state index contributed by atoms with van der Waals surface area (Å²) in [5.74, 6) is 1.68. The molecule has 0 unspecified atom stereocenters. The van der Waals surface area contributed by atoms with Gasteiger partial charge in [-0.2, -0.15) is 0 Å². The zero-order valence-electron chi connectivity index (χ0n) is 14.2. The fourth-order valence-corrected chi connectivity index (χ4v) is 5.04. The molecule has 25 heavy (non-hydrogen) atoms. The highest BCUT2D eigenvalue weighted by Gasteiger charge is 2.51. The first kappa shape index (κ1) is 16.6. The fourth-order valence-electron chi connectivity index (χ4n) is 3.48. The van der Waals surface area contributed by atoms with E-state index in [0.717, 1.165) is 30.8 Å². The van der Waals surface area contributed by atoms with Gasteiger partial charge in [-0.15, -0.1) is 11.8 Å². The minimum Gasteiger partial charge on any atom is -0.373 e. The van der Waals surface area contributed by atoms with E-state index in [-0.39, 0.29) is 16.8 Å². The lowest BCUT2D eigenvalue weighted by atomic mass is 9.92. The number of hydrogen-bond acceptors (Lipinski definition) is 6. The fraction of sp³-hybridized carbons (Fsp3) is 0.500. The van der Waals surface area contributed by atoms with Gasteiger partial charge in [-0.3, -0.25) is 9.78 Å². The Labute approximate surface area is 150 Å². The molecular weight excluding hydrogens is 338 g/mol. The molecule has 2 fully saturated rings. The maximum atomic E-state index is 12.6. The van der Waals surface area contributed by atoms with Crippen LogP contribution in [0.4, 0.5) is 0 Å². The molecule has 0 N–H and O–H groups in total. The number of nitrogens with zero attached hydrogens (tertiary/aromatic N) is 3. The van der Waals surface area contributed by atoms with E-state index in [0.29, 0.717) is 24.4 Å². The Kier molecular flexibility index (Phi) is 4.52. The Morgan fingerprint density at radius 1 is 1.48 bits per heavy atom. The molecule has 2 aliphatic heterocycles. The Bertz CT molecular complexity index is 743. The zero-order valence-corrected chi connectivity index (χ0v) is 15.0. The maximum absolute atomic E-state index is 12.6. The van der Waals surface area contributed by atoms with E-state index in [1.54, 1.807) is 6.20 Å². The molecule has 7 heteroatoms. The van der Waals surface area contributed by atoms with E-state index in [1.165, 1.54) is 6.20 Å². The van der Waals surface area contributed by atoms with E-state index in [9.17, 15) is 4.79 Å². The molecule has 2 aromatic heterocycles. The largest absolute Gasteiger partial charge is 0.373 e. The summed E-state index contributed by atoms with van der Waals surface area (Å²) in [6, 6.07) is 3.95. The van der Waals surface area contributed by atoms with Crippen molar-refractivity contribution in [3.63, 3.8) is 0 Å². The summed E-state index contributed by atoms with van der Waals surface area (Å²) in [4.78, 5) is 18.6. The Balaban J connectivity index is 1.29. The standard InChI is InChI=1S/C18H21N3O3S/c1-2-16-15(8-20-24-16)17(22)21-11-18(12-21)6-14(10-25-18)23-9-13-4-3-5-19-7-13/h3-5,7-8,14H,2,6,9-12H2,1H3/t14-/m1/s1. The van der Waals surface area contributed by atoms with Crippen molar-refractivity contribution in [2.24, 2.45) is 0 Å². The third-order valence-electron chi connectivity index (χ3n) is 4.83. The lowest BCUT2D eigenvalue weighted by molar-refractivity contribution is 0.0254. The Morgan fingerprint density at radius 3 is 3.12 bits per heavy atom. The summed E-state index contributed by atoms with van der Waals surface area (Å²) < 4.78 is 11.3. The van der Waals surface area contributed by atoms with Gasteiger partial charge < -0.3 is 14.2 Å². The molecule has 2 aromatic rings. The van der Waals surface area contributed by atoms with Crippen LogP contribution in [-0.2, 0) is 17.8 Å². The number of rotatable bonds is 5. The molecule has 2 saturated heterocycles. The lowest BCUT2D eigenvalue weighted by Crippen LogP contribution is -2.60. The van der Waals surface area contributed by atoms with E-state index < -0.39 is 0 Å². The zero-order chi connectivity index (χ0) is 17.3. The average molecular weight is 359 g/mol. The number of amides is 1. The van der Waals surface area contributed by atoms with Crippen molar-refractivity contribution in [1.82, 2.24) is 15.0 Å². The van der Waals surface area contributed by atoms with Gasteiger partial charge in [0.15, 0.2) is 0 Å². The first-order valence-corrected chi connectivity index (χ1v) is 9.55. The molecule has 6 nitrogen and oxygen atoms in total. The van der Waals surface area contributed by atoms with Crippen molar-refractivity contribution in [2.75, 3.05) is 18.8 Å². The smallest absolute Gasteiger partial charge is 0.259 e. The van der Waals surface area contributed by atoms with Crippen LogP contribution in [0.2, 0.25) is 0 Å². The normalized spacial score (nSPS) is 21.5. The van der Waals surface area contributed by atoms with E-state index in [1.807, 2.05) is 41.9 Å². The highest BCUT2D eigenvalue weighted by Crippen LogP contribution is 2.46. The molecule has 132 valence electrons. The Hall–Kier alpha value is -1.86. The lowest BCUT2D eigenvalue weighted by Gasteiger charge is -2.47. The van der Waals surface area contributed by atoms with Gasteiger partial charge in [0.05, 0.1) is 23.7 Å². The van der Waals surface area contributed by atoms with Crippen molar-refractivity contribution in [1.29, 1.82) is 0 Å². The molecule has 0 aliphatic carbocycles. The molecule has 0 bridgehead atoms. The van der Waals surface area contributed by atoms with Crippen molar-refractivity contribution >= 4 is 17.7 Å². The maximum Gasteiger partial charge on any atom is 0.259 e. The van der Waals surface area contributed by atoms with Gasteiger partial charge in [-0.05, 0) is 18.1 Å². The van der Waals surface area contributed by atoms with Crippen molar-refractivity contribution in [2.45, 2.75) is 37.2 Å². The number of hydrogen-bond donors (Lipinski definition) is 0. The van der Waals surface area contributed by atoms with Gasteiger partial charge >= 0.3 is 0 Å². The number of ether oxygens (including phenoxy) is 1. The van der Waals surface area contributed by atoms with E-state index in [2.05, 4.69) is 10.1 Å². The van der Waals surface area contributed by atoms with Gasteiger partial charge in [0, 0.05) is 37.7 Å². The quantitative estimate of drug-likeness (QED) is 0.817. The van der Waals surface area contributed by atoms with Crippen LogP contribution in [0, 0.1) is 0 Å². The SMILES string of the molecule is CCc1oncc1C(=O)N1CC2(C[C@@H](OCc3cccnc3)CS2)C1. The topological polar surface area (TPSA) is 68.5 Å². The number of aryl methyl sites for hydroxylation is 1. The molecule has 0 saturated carbocycles. The van der Waals surface area contributed by atoms with Crippen LogP contribution in [0.15, 0.2) is 35.2 Å². The van der Waals surface area contributed by atoms with Crippen LogP contribution in [-0.4, -0.2) is 50.6 Å². The monoisotopic (exact) mass is 359 g/mol. The molecule has 1 atom stereocenters. The minimum atomic E-state index is 0.0315. The van der Waals surface area contributed by atoms with Crippen LogP contribution in [0.25, 0.3) is 0 Å². The summed E-state index contributed by atoms with van der Waals surface area (Å²) in [5.41, 5.74) is 1.70. The highest BCUT2D eigenvalue weighted by molar-refractivity contribution is 8.01. The summed E-state index contributed by atoms with van der Waals surface area (Å²) in [7, 11) is 0. The van der Waals surface area contributed by atoms with Crippen molar-refractivity contribution in [3.8, 4) is 0 Å². The highest BCUT2D eigenvalue weighted by atomic mass is 32.2. The summed E-state index contributed by atoms with van der Waals surface area (Å²) >= 11 is 1.93. The van der Waals surface area contributed by atoms with Crippen LogP contribution in [0.5, 0.6) is 0 Å². The molecule has 2 aliphatic rings. The van der Waals surface area contributed by atoms with Crippen LogP contribution < -0.4 is 0 Å². The molecular formula is C18H21N3O3S. The first-order chi connectivity index (χ1) is 12.2. The van der Waals surface area contributed by atoms with Gasteiger partial charge in [0.1, 0.15) is 11.3 Å². The predicted molar refractivity (Wildman–Crippen MR) is 94.4 cm³/mol. The van der Waals surface area contributed by atoms with Gasteiger partial charge in [-0.1, -0.05) is 18.1 Å². The second kappa shape index (κ2) is 6.80. The Morgan fingerprint density at radius 2 is 2.36 bits per heavy atom. The average Bonchev–Trinajstić information content (AvgIpc) is 3.26. The summed E-state index contributed by atoms with van der Waals surface area (Å²) in [5, 5.41) is 3.76. The summed E-state index contributed by atoms with van der Waals surface area (Å²) in [6.45, 7) is 4.11. The third-order valence-corrected chi connectivity index (χ3v) is 6.40. The van der Waals surface area contributed by atoms with Crippen LogP contribution >= 0.6 is 11.8 Å². The number of pyridine rings is 1. The van der Waals surface area contributed by atoms with Gasteiger partial charge in [0.25, 0.3) is 5.91 Å².